The minimum Gasteiger partial charge on any atom is -0.298 e. The number of piperidine rings is 1. The SMILES string of the molecule is CC(=O)C1CCCCN1Cc1ccc(Br)s1. The van der Waals surface area contributed by atoms with Crippen molar-refractivity contribution in [1.82, 2.24) is 4.90 Å². The van der Waals surface area contributed by atoms with Gasteiger partial charge in [-0.2, -0.15) is 0 Å². The van der Waals surface area contributed by atoms with Crippen molar-refractivity contribution >= 4 is 33.0 Å². The van der Waals surface area contributed by atoms with Gasteiger partial charge in [-0.05, 0) is 54.4 Å². The van der Waals surface area contributed by atoms with E-state index in [2.05, 4.69) is 33.0 Å². The number of thiophene rings is 1. The Labute approximate surface area is 109 Å². The maximum absolute atomic E-state index is 11.6. The van der Waals surface area contributed by atoms with Crippen LogP contribution in [0.1, 0.15) is 31.1 Å². The summed E-state index contributed by atoms with van der Waals surface area (Å²) in [6.07, 6.45) is 3.44. The van der Waals surface area contributed by atoms with E-state index >= 15 is 0 Å². The minimum atomic E-state index is 0.148. The molecule has 0 spiro atoms. The molecule has 16 heavy (non-hydrogen) atoms. The van der Waals surface area contributed by atoms with Gasteiger partial charge in [-0.25, -0.2) is 0 Å². The Morgan fingerprint density at radius 3 is 3.00 bits per heavy atom. The molecule has 1 aliphatic rings. The van der Waals surface area contributed by atoms with Crippen LogP contribution < -0.4 is 0 Å². The first kappa shape index (κ1) is 12.3. The second kappa shape index (κ2) is 5.43. The number of carbonyl (C=O) groups is 1. The summed E-state index contributed by atoms with van der Waals surface area (Å²) in [5.41, 5.74) is 0. The molecule has 0 bridgehead atoms. The Bertz CT molecular complexity index is 377. The van der Waals surface area contributed by atoms with E-state index in [0.29, 0.717) is 5.78 Å². The van der Waals surface area contributed by atoms with Gasteiger partial charge in [0.2, 0.25) is 0 Å². The number of halogens is 1. The highest BCUT2D eigenvalue weighted by atomic mass is 79.9. The zero-order valence-electron chi connectivity index (χ0n) is 9.41. The van der Waals surface area contributed by atoms with E-state index in [1.165, 1.54) is 21.5 Å². The predicted octanol–water partition coefficient (Wildman–Crippen LogP) is 3.45. The highest BCUT2D eigenvalue weighted by Gasteiger charge is 2.25. The molecule has 88 valence electrons. The fraction of sp³-hybridized carbons (Fsp3) is 0.583. The summed E-state index contributed by atoms with van der Waals surface area (Å²) in [6, 6.07) is 4.36. The highest BCUT2D eigenvalue weighted by Crippen LogP contribution is 2.26. The molecule has 1 aromatic rings. The van der Waals surface area contributed by atoms with Crippen LogP contribution in [-0.2, 0) is 11.3 Å². The molecule has 0 saturated carbocycles. The summed E-state index contributed by atoms with van der Waals surface area (Å²) in [4.78, 5) is 15.2. The van der Waals surface area contributed by atoms with Gasteiger partial charge >= 0.3 is 0 Å². The van der Waals surface area contributed by atoms with Crippen LogP contribution in [0.2, 0.25) is 0 Å². The van der Waals surface area contributed by atoms with E-state index in [1.54, 1.807) is 18.3 Å². The predicted molar refractivity (Wildman–Crippen MR) is 70.7 cm³/mol. The Morgan fingerprint density at radius 1 is 1.56 bits per heavy atom. The van der Waals surface area contributed by atoms with Crippen LogP contribution in [0.15, 0.2) is 15.9 Å². The van der Waals surface area contributed by atoms with Crippen LogP contribution >= 0.6 is 27.3 Å². The first-order valence-corrected chi connectivity index (χ1v) is 7.26. The fourth-order valence-corrected chi connectivity index (χ4v) is 3.79. The van der Waals surface area contributed by atoms with Crippen LogP contribution in [0.25, 0.3) is 0 Å². The van der Waals surface area contributed by atoms with Crippen LogP contribution in [0.5, 0.6) is 0 Å². The first-order chi connectivity index (χ1) is 7.66. The molecule has 1 aromatic heterocycles. The number of rotatable bonds is 3. The Balaban J connectivity index is 2.03. The normalized spacial score (nSPS) is 22.2. The number of likely N-dealkylation sites (tertiary alicyclic amines) is 1. The van der Waals surface area contributed by atoms with Crippen molar-refractivity contribution in [1.29, 1.82) is 0 Å². The van der Waals surface area contributed by atoms with Gasteiger partial charge in [0.15, 0.2) is 0 Å². The van der Waals surface area contributed by atoms with Crippen molar-refractivity contribution in [3.8, 4) is 0 Å². The molecule has 1 atom stereocenters. The number of Topliss-reactive ketones (excluding diaryl/α,β-unsaturated/α-hetero) is 1. The molecule has 1 aliphatic heterocycles. The summed E-state index contributed by atoms with van der Waals surface area (Å²) in [5.74, 6) is 0.315. The molecule has 2 heterocycles. The summed E-state index contributed by atoms with van der Waals surface area (Å²) < 4.78 is 1.17. The van der Waals surface area contributed by atoms with Crippen molar-refractivity contribution in [3.63, 3.8) is 0 Å². The first-order valence-electron chi connectivity index (χ1n) is 5.65. The van der Waals surface area contributed by atoms with Crippen molar-refractivity contribution in [2.45, 2.75) is 38.8 Å². The fourth-order valence-electron chi connectivity index (χ4n) is 2.28. The van der Waals surface area contributed by atoms with Gasteiger partial charge in [0.1, 0.15) is 5.78 Å². The zero-order chi connectivity index (χ0) is 11.5. The molecular formula is C12H16BrNOS. The molecule has 0 aromatic carbocycles. The average molecular weight is 302 g/mol. The second-order valence-corrected chi connectivity index (χ2v) is 6.85. The quantitative estimate of drug-likeness (QED) is 0.852. The zero-order valence-corrected chi connectivity index (χ0v) is 11.8. The van der Waals surface area contributed by atoms with E-state index in [4.69, 9.17) is 0 Å². The number of carbonyl (C=O) groups excluding carboxylic acids is 1. The van der Waals surface area contributed by atoms with Gasteiger partial charge in [0, 0.05) is 11.4 Å². The third-order valence-electron chi connectivity index (χ3n) is 3.07. The number of nitrogens with zero attached hydrogens (tertiary/aromatic N) is 1. The maximum Gasteiger partial charge on any atom is 0.146 e. The molecule has 1 unspecified atom stereocenters. The molecular weight excluding hydrogens is 286 g/mol. The molecule has 4 heteroatoms. The van der Waals surface area contributed by atoms with Gasteiger partial charge < -0.3 is 0 Å². The largest absolute Gasteiger partial charge is 0.298 e. The lowest BCUT2D eigenvalue weighted by molar-refractivity contribution is -0.123. The smallest absolute Gasteiger partial charge is 0.146 e. The Hall–Kier alpha value is -0.190. The van der Waals surface area contributed by atoms with Crippen molar-refractivity contribution < 1.29 is 4.79 Å². The van der Waals surface area contributed by atoms with Gasteiger partial charge in [-0.3, -0.25) is 9.69 Å². The summed E-state index contributed by atoms with van der Waals surface area (Å²) in [6.45, 7) is 3.69. The standard InChI is InChI=1S/C12H16BrNOS/c1-9(15)11-4-2-3-7-14(11)8-10-5-6-12(13)16-10/h5-6,11H,2-4,7-8H2,1H3. The van der Waals surface area contributed by atoms with E-state index in [9.17, 15) is 4.79 Å². The lowest BCUT2D eigenvalue weighted by Crippen LogP contribution is -2.42. The van der Waals surface area contributed by atoms with Gasteiger partial charge in [-0.1, -0.05) is 6.42 Å². The monoisotopic (exact) mass is 301 g/mol. The van der Waals surface area contributed by atoms with E-state index < -0.39 is 0 Å². The minimum absolute atomic E-state index is 0.148. The number of hydrogen-bond acceptors (Lipinski definition) is 3. The Kier molecular flexibility index (Phi) is 4.16. The van der Waals surface area contributed by atoms with Gasteiger partial charge in [0.05, 0.1) is 9.83 Å². The van der Waals surface area contributed by atoms with Crippen molar-refractivity contribution in [2.24, 2.45) is 0 Å². The van der Waals surface area contributed by atoms with E-state index in [0.717, 1.165) is 19.5 Å². The molecule has 1 saturated heterocycles. The molecule has 0 radical (unpaired) electrons. The van der Waals surface area contributed by atoms with E-state index in [-0.39, 0.29) is 6.04 Å². The number of hydrogen-bond donors (Lipinski definition) is 0. The van der Waals surface area contributed by atoms with Crippen LogP contribution in [0.4, 0.5) is 0 Å². The average Bonchev–Trinajstić information content (AvgIpc) is 2.64. The second-order valence-electron chi connectivity index (χ2n) is 4.30. The van der Waals surface area contributed by atoms with Crippen LogP contribution in [0, 0.1) is 0 Å². The van der Waals surface area contributed by atoms with Gasteiger partial charge in [-0.15, -0.1) is 11.3 Å². The Morgan fingerprint density at radius 2 is 2.38 bits per heavy atom. The maximum atomic E-state index is 11.6. The highest BCUT2D eigenvalue weighted by molar-refractivity contribution is 9.11. The lowest BCUT2D eigenvalue weighted by atomic mass is 9.99. The molecule has 0 N–H and O–H groups in total. The van der Waals surface area contributed by atoms with Gasteiger partial charge in [0.25, 0.3) is 0 Å². The summed E-state index contributed by atoms with van der Waals surface area (Å²) in [5, 5.41) is 0. The van der Waals surface area contributed by atoms with E-state index in [1.807, 2.05) is 0 Å². The molecule has 0 aliphatic carbocycles. The number of ketones is 1. The third-order valence-corrected chi connectivity index (χ3v) is 4.68. The van der Waals surface area contributed by atoms with Crippen LogP contribution in [-0.4, -0.2) is 23.3 Å². The third kappa shape index (κ3) is 2.93. The summed E-state index contributed by atoms with van der Waals surface area (Å²) >= 11 is 5.23. The molecule has 2 nitrogen and oxygen atoms in total. The topological polar surface area (TPSA) is 20.3 Å². The molecule has 1 fully saturated rings. The lowest BCUT2D eigenvalue weighted by Gasteiger charge is -2.33. The molecule has 0 amide bonds. The summed E-state index contributed by atoms with van der Waals surface area (Å²) in [7, 11) is 0. The molecule has 2 rings (SSSR count). The van der Waals surface area contributed by atoms with Crippen LogP contribution in [0.3, 0.4) is 0 Å². The van der Waals surface area contributed by atoms with Crippen molar-refractivity contribution in [2.75, 3.05) is 6.54 Å². The van der Waals surface area contributed by atoms with Crippen molar-refractivity contribution in [3.05, 3.63) is 20.8 Å².